The predicted octanol–water partition coefficient (Wildman–Crippen LogP) is 3.75. The second-order valence-electron chi connectivity index (χ2n) is 13.2. The van der Waals surface area contributed by atoms with E-state index in [1.807, 2.05) is 0 Å². The average Bonchev–Trinajstić information content (AvgIpc) is 3.20. The molecule has 8 nitrogen and oxygen atoms in total. The van der Waals surface area contributed by atoms with Crippen LogP contribution < -0.4 is 0 Å². The number of carbonyl (C=O) groups excluding carboxylic acids is 3. The van der Waals surface area contributed by atoms with Crippen molar-refractivity contribution in [2.45, 2.75) is 116 Å². The first-order chi connectivity index (χ1) is 17.5. The number of carbonyl (C=O) groups is 3. The maximum Gasteiger partial charge on any atom is 0.333 e. The highest BCUT2D eigenvalue weighted by Gasteiger charge is 2.54. The van der Waals surface area contributed by atoms with E-state index in [2.05, 4.69) is 20.8 Å². The van der Waals surface area contributed by atoms with Crippen molar-refractivity contribution in [3.63, 3.8) is 0 Å². The van der Waals surface area contributed by atoms with E-state index in [-0.39, 0.29) is 66.7 Å². The highest BCUT2D eigenvalue weighted by molar-refractivity contribution is 6.01. The van der Waals surface area contributed by atoms with Gasteiger partial charge in [-0.15, -0.1) is 5.06 Å². The van der Waals surface area contributed by atoms with Crippen LogP contribution in [-0.2, 0) is 19.2 Å². The Balaban J connectivity index is 1.43. The van der Waals surface area contributed by atoms with E-state index >= 15 is 0 Å². The predicted molar refractivity (Wildman–Crippen MR) is 136 cm³/mol. The molecule has 8 heteroatoms. The Hall–Kier alpha value is -1.51. The summed E-state index contributed by atoms with van der Waals surface area (Å²) in [6.45, 7) is 6.74. The molecule has 2 amide bonds. The minimum atomic E-state index is -0.572. The fourth-order valence-electron chi connectivity index (χ4n) is 8.52. The van der Waals surface area contributed by atoms with Crippen molar-refractivity contribution in [2.24, 2.45) is 40.4 Å². The summed E-state index contributed by atoms with van der Waals surface area (Å²) in [6, 6.07) is 0. The quantitative estimate of drug-likeness (QED) is 0.455. The van der Waals surface area contributed by atoms with Gasteiger partial charge in [-0.05, 0) is 98.2 Å². The molecule has 1 heterocycles. The largest absolute Gasteiger partial charge is 0.396 e. The molecule has 9 atom stereocenters. The van der Waals surface area contributed by atoms with E-state index in [0.717, 1.165) is 57.8 Å². The number of aliphatic hydroxyl groups is 3. The lowest BCUT2D eigenvalue weighted by Crippen LogP contribution is -2.52. The molecule has 0 spiro atoms. The zero-order valence-electron chi connectivity index (χ0n) is 22.9. The number of nitrogens with zero attached hydrogens (tertiary/aromatic N) is 1. The van der Waals surface area contributed by atoms with E-state index in [0.29, 0.717) is 23.3 Å². The number of amides is 2. The van der Waals surface area contributed by atoms with Gasteiger partial charge in [0.05, 0.1) is 12.2 Å². The van der Waals surface area contributed by atoms with Crippen molar-refractivity contribution in [1.29, 1.82) is 0 Å². The van der Waals surface area contributed by atoms with E-state index in [1.54, 1.807) is 0 Å². The molecule has 3 saturated carbocycles. The second kappa shape index (κ2) is 11.3. The van der Waals surface area contributed by atoms with Crippen LogP contribution in [0.5, 0.6) is 0 Å². The highest BCUT2D eigenvalue weighted by Crippen LogP contribution is 2.59. The van der Waals surface area contributed by atoms with E-state index in [4.69, 9.17) is 4.84 Å². The molecule has 37 heavy (non-hydrogen) atoms. The number of hydrogen-bond donors (Lipinski definition) is 3. The SMILES string of the molecule is C[C@H](CCC(=O)ON1C(=O)CCC1=O)C1CCCC2C(O)CC3C[C@H](O)CCC3(C)C2CCC1(C)CO. The topological polar surface area (TPSA) is 124 Å². The normalized spacial score (nSPS) is 41.7. The molecule has 0 bridgehead atoms. The molecule has 0 aromatic carbocycles. The summed E-state index contributed by atoms with van der Waals surface area (Å²) in [6.07, 6.45) is 8.26. The van der Waals surface area contributed by atoms with Crippen molar-refractivity contribution in [3.05, 3.63) is 0 Å². The maximum atomic E-state index is 12.4. The zero-order valence-corrected chi connectivity index (χ0v) is 22.9. The van der Waals surface area contributed by atoms with Crippen LogP contribution >= 0.6 is 0 Å². The Morgan fingerprint density at radius 1 is 1.05 bits per heavy atom. The Kier molecular flexibility index (Phi) is 8.71. The molecule has 4 rings (SSSR count). The van der Waals surface area contributed by atoms with Crippen molar-refractivity contribution >= 4 is 17.8 Å². The van der Waals surface area contributed by atoms with Crippen LogP contribution in [0.3, 0.4) is 0 Å². The average molecular weight is 522 g/mol. The van der Waals surface area contributed by atoms with Crippen molar-refractivity contribution in [3.8, 4) is 0 Å². The van der Waals surface area contributed by atoms with Gasteiger partial charge in [-0.3, -0.25) is 9.59 Å². The lowest BCUT2D eigenvalue weighted by Gasteiger charge is -2.56. The molecule has 7 unspecified atom stereocenters. The Bertz CT molecular complexity index is 847. The van der Waals surface area contributed by atoms with Gasteiger partial charge in [0.2, 0.25) is 0 Å². The van der Waals surface area contributed by atoms with Crippen molar-refractivity contribution < 1.29 is 34.5 Å². The van der Waals surface area contributed by atoms with E-state index in [1.165, 1.54) is 0 Å². The Morgan fingerprint density at radius 3 is 2.43 bits per heavy atom. The fourth-order valence-corrected chi connectivity index (χ4v) is 8.52. The lowest BCUT2D eigenvalue weighted by molar-refractivity contribution is -0.197. The second-order valence-corrected chi connectivity index (χ2v) is 13.2. The Labute approximate surface area is 221 Å². The van der Waals surface area contributed by atoms with E-state index in [9.17, 15) is 29.7 Å². The van der Waals surface area contributed by atoms with Gasteiger partial charge in [0.25, 0.3) is 11.8 Å². The summed E-state index contributed by atoms with van der Waals surface area (Å²) in [5, 5.41) is 32.7. The van der Waals surface area contributed by atoms with Crippen molar-refractivity contribution in [2.75, 3.05) is 6.61 Å². The molecule has 0 radical (unpaired) electrons. The van der Waals surface area contributed by atoms with Crippen LogP contribution in [0.25, 0.3) is 0 Å². The number of rotatable bonds is 6. The maximum absolute atomic E-state index is 12.4. The lowest BCUT2D eigenvalue weighted by atomic mass is 9.50. The van der Waals surface area contributed by atoms with Gasteiger partial charge in [-0.1, -0.05) is 27.2 Å². The van der Waals surface area contributed by atoms with Gasteiger partial charge in [0, 0.05) is 25.9 Å². The van der Waals surface area contributed by atoms with E-state index < -0.39 is 17.8 Å². The molecule has 1 aliphatic heterocycles. The number of imide groups is 1. The van der Waals surface area contributed by atoms with Crippen molar-refractivity contribution in [1.82, 2.24) is 5.06 Å². The minimum absolute atomic E-state index is 0.0715. The first kappa shape index (κ1) is 28.5. The molecule has 4 fully saturated rings. The fraction of sp³-hybridized carbons (Fsp3) is 0.897. The monoisotopic (exact) mass is 521 g/mol. The molecular weight excluding hydrogens is 474 g/mol. The summed E-state index contributed by atoms with van der Waals surface area (Å²) in [5.74, 6) is -0.203. The standard InChI is InChI=1S/C29H47NO7/c1-18(7-10-27(36)37-30-25(34)8-9-26(30)35)22-6-4-5-21-23(12-13-28(22,2)17-31)29(3)14-11-20(32)15-19(29)16-24(21)33/h18-24,31-33H,4-17H2,1-3H3/t18-,19?,20-,21?,22?,23?,24?,28?,29?/m1/s1. The number of hydrogen-bond acceptors (Lipinski definition) is 7. The summed E-state index contributed by atoms with van der Waals surface area (Å²) in [7, 11) is 0. The van der Waals surface area contributed by atoms with Gasteiger partial charge in [-0.25, -0.2) is 4.79 Å². The summed E-state index contributed by atoms with van der Waals surface area (Å²) in [4.78, 5) is 41.0. The first-order valence-corrected chi connectivity index (χ1v) is 14.5. The molecule has 3 N–H and O–H groups in total. The molecular formula is C29H47NO7. The third kappa shape index (κ3) is 5.76. The number of hydroxylamine groups is 2. The van der Waals surface area contributed by atoms with Gasteiger partial charge in [0.1, 0.15) is 0 Å². The third-order valence-electron chi connectivity index (χ3n) is 10.9. The zero-order chi connectivity index (χ0) is 27.0. The first-order valence-electron chi connectivity index (χ1n) is 14.5. The summed E-state index contributed by atoms with van der Waals surface area (Å²) in [5.41, 5.74) is -0.194. The molecule has 4 aliphatic rings. The smallest absolute Gasteiger partial charge is 0.333 e. The molecule has 210 valence electrons. The minimum Gasteiger partial charge on any atom is -0.396 e. The molecule has 1 saturated heterocycles. The Morgan fingerprint density at radius 2 is 1.76 bits per heavy atom. The van der Waals surface area contributed by atoms with Crippen LogP contribution in [-0.4, -0.2) is 57.0 Å². The summed E-state index contributed by atoms with van der Waals surface area (Å²) < 4.78 is 0. The van der Waals surface area contributed by atoms with Crippen LogP contribution in [0, 0.1) is 40.4 Å². The van der Waals surface area contributed by atoms with Gasteiger partial charge < -0.3 is 20.2 Å². The number of aliphatic hydroxyl groups excluding tert-OH is 3. The van der Waals surface area contributed by atoms with Crippen LogP contribution in [0.15, 0.2) is 0 Å². The molecule has 0 aromatic heterocycles. The van der Waals surface area contributed by atoms with Gasteiger partial charge >= 0.3 is 5.97 Å². The van der Waals surface area contributed by atoms with Crippen LogP contribution in [0.4, 0.5) is 0 Å². The van der Waals surface area contributed by atoms with Gasteiger partial charge in [-0.2, -0.15) is 0 Å². The van der Waals surface area contributed by atoms with Gasteiger partial charge in [0.15, 0.2) is 0 Å². The summed E-state index contributed by atoms with van der Waals surface area (Å²) >= 11 is 0. The third-order valence-corrected chi connectivity index (χ3v) is 10.9. The highest BCUT2D eigenvalue weighted by atomic mass is 16.7. The number of fused-ring (bicyclic) bond motifs is 3. The van der Waals surface area contributed by atoms with Crippen LogP contribution in [0.2, 0.25) is 0 Å². The molecule has 3 aliphatic carbocycles. The molecule has 0 aromatic rings. The van der Waals surface area contributed by atoms with Crippen LogP contribution in [0.1, 0.15) is 104 Å².